The van der Waals surface area contributed by atoms with Crippen LogP contribution in [0.5, 0.6) is 11.5 Å². The van der Waals surface area contributed by atoms with Crippen LogP contribution in [0.3, 0.4) is 0 Å². The molecule has 0 bridgehead atoms. The molecule has 358 valence electrons. The average Bonchev–Trinajstić information content (AvgIpc) is 4.16. The summed E-state index contributed by atoms with van der Waals surface area (Å²) in [6.45, 7) is 14.5. The third-order valence-electron chi connectivity index (χ3n) is 13.4. The van der Waals surface area contributed by atoms with Crippen molar-refractivity contribution >= 4 is 72.0 Å². The molecule has 0 amide bonds. The zero-order valence-electron chi connectivity index (χ0n) is 41.0. The van der Waals surface area contributed by atoms with Crippen LogP contribution in [0.2, 0.25) is 0 Å². The highest BCUT2D eigenvalue weighted by Crippen LogP contribution is 2.44. The van der Waals surface area contributed by atoms with Crippen LogP contribution in [0, 0.1) is 27.7 Å². The highest BCUT2D eigenvalue weighted by atomic mass is 16.5. The average molecular weight is 956 g/mol. The number of carbonyl (C=O) groups is 1. The Balaban J connectivity index is 0.000000157. The first-order valence-corrected chi connectivity index (χ1v) is 23.6. The van der Waals surface area contributed by atoms with E-state index in [1.54, 1.807) is 20.4 Å². The van der Waals surface area contributed by atoms with Gasteiger partial charge in [0.25, 0.3) is 0 Å². The standard InChI is InChI=1S/C30H30N6O2.C26H19N5O3/c1-6-36(7-2)16-26-33-29(20-12-13-31-23-11-9-8-10-19(20)23)28-21-15-25(37-5)22(14-24(21)32-30(28)34-26)27-17(3)35-38-18(27)4;1-13-23(14(2)34-31-13)18-10-20-17(11-21(18)33-3)24-25(29-22(12-32)30-26(24)28-20)16-8-9-27-19-7-5-4-6-15(16)19/h8-15H,6-7,16H2,1-5H3,(H,32,33,34);4-12H,1-3H3,(H,28,29,30). The summed E-state index contributed by atoms with van der Waals surface area (Å²) >= 11 is 0. The molecular formula is C56H49N11O5. The summed E-state index contributed by atoms with van der Waals surface area (Å²) in [6, 6.07) is 28.1. The number of aromatic amines is 2. The molecule has 16 heteroatoms. The number of aldehydes is 1. The van der Waals surface area contributed by atoms with Crippen LogP contribution in [-0.2, 0) is 6.54 Å². The Morgan fingerprint density at radius 3 is 1.53 bits per heavy atom. The van der Waals surface area contributed by atoms with Crippen LogP contribution < -0.4 is 9.47 Å². The summed E-state index contributed by atoms with van der Waals surface area (Å²) in [5, 5.41) is 13.9. The molecule has 0 atom stereocenters. The first-order valence-electron chi connectivity index (χ1n) is 23.6. The molecule has 16 nitrogen and oxygen atoms in total. The molecule has 0 saturated carbocycles. The molecule has 8 aromatic heterocycles. The predicted molar refractivity (Wildman–Crippen MR) is 279 cm³/mol. The molecule has 12 aromatic rings. The lowest BCUT2D eigenvalue weighted by Crippen LogP contribution is -2.23. The minimum absolute atomic E-state index is 0.105. The van der Waals surface area contributed by atoms with Crippen molar-refractivity contribution in [1.29, 1.82) is 0 Å². The largest absolute Gasteiger partial charge is 0.496 e. The molecular weight excluding hydrogens is 907 g/mol. The van der Waals surface area contributed by atoms with Crippen molar-refractivity contribution in [3.8, 4) is 56.3 Å². The van der Waals surface area contributed by atoms with Crippen molar-refractivity contribution in [1.82, 2.24) is 55.1 Å². The smallest absolute Gasteiger partial charge is 0.195 e. The fourth-order valence-corrected chi connectivity index (χ4v) is 9.94. The molecule has 72 heavy (non-hydrogen) atoms. The lowest BCUT2D eigenvalue weighted by molar-refractivity contribution is 0.111. The van der Waals surface area contributed by atoms with Crippen LogP contribution in [0.4, 0.5) is 0 Å². The molecule has 0 aliphatic rings. The lowest BCUT2D eigenvalue weighted by atomic mass is 9.99. The van der Waals surface area contributed by atoms with Gasteiger partial charge in [0.15, 0.2) is 12.1 Å². The summed E-state index contributed by atoms with van der Waals surface area (Å²) in [6.07, 6.45) is 4.26. The molecule has 0 spiro atoms. The minimum atomic E-state index is 0.105. The van der Waals surface area contributed by atoms with Crippen LogP contribution in [0.25, 0.3) is 110 Å². The number of carbonyl (C=O) groups excluding carboxylic acids is 1. The Hall–Kier alpha value is -8.89. The number of hydrogen-bond donors (Lipinski definition) is 2. The Labute approximate surface area is 412 Å². The Kier molecular flexibility index (Phi) is 11.7. The summed E-state index contributed by atoms with van der Waals surface area (Å²) in [7, 11) is 3.32. The topological polar surface area (TPSA) is 200 Å². The second kappa shape index (κ2) is 18.5. The highest BCUT2D eigenvalue weighted by Gasteiger charge is 2.25. The number of hydrogen-bond acceptors (Lipinski definition) is 14. The predicted octanol–water partition coefficient (Wildman–Crippen LogP) is 11.9. The van der Waals surface area contributed by atoms with Gasteiger partial charge in [0, 0.05) is 67.2 Å². The van der Waals surface area contributed by atoms with Crippen LogP contribution >= 0.6 is 0 Å². The lowest BCUT2D eigenvalue weighted by Gasteiger charge is -2.17. The number of ether oxygens (including phenoxy) is 2. The fourth-order valence-electron chi connectivity index (χ4n) is 9.94. The van der Waals surface area contributed by atoms with E-state index >= 15 is 0 Å². The molecule has 4 aromatic carbocycles. The summed E-state index contributed by atoms with van der Waals surface area (Å²) in [5.74, 6) is 3.76. The third-order valence-corrected chi connectivity index (χ3v) is 13.4. The number of rotatable bonds is 11. The number of fused-ring (bicyclic) bond motifs is 8. The maximum absolute atomic E-state index is 11.7. The number of nitrogens with one attached hydrogen (secondary N) is 2. The zero-order valence-corrected chi connectivity index (χ0v) is 41.0. The van der Waals surface area contributed by atoms with Crippen molar-refractivity contribution in [3.05, 3.63) is 132 Å². The number of aromatic nitrogens is 10. The van der Waals surface area contributed by atoms with E-state index in [2.05, 4.69) is 77.2 Å². The second-order valence-corrected chi connectivity index (χ2v) is 17.5. The van der Waals surface area contributed by atoms with Gasteiger partial charge in [-0.15, -0.1) is 0 Å². The normalized spacial score (nSPS) is 11.7. The van der Waals surface area contributed by atoms with E-state index in [0.29, 0.717) is 35.7 Å². The van der Waals surface area contributed by atoms with Crippen LogP contribution in [0.1, 0.15) is 53.2 Å². The summed E-state index contributed by atoms with van der Waals surface area (Å²) < 4.78 is 22.5. The van der Waals surface area contributed by atoms with E-state index in [4.69, 9.17) is 28.5 Å². The maximum atomic E-state index is 11.7. The van der Waals surface area contributed by atoms with Gasteiger partial charge in [-0.1, -0.05) is 60.6 Å². The number of benzene rings is 4. The molecule has 2 N–H and O–H groups in total. The molecule has 12 rings (SSSR count). The Bertz CT molecular complexity index is 4020. The first-order chi connectivity index (χ1) is 35.1. The van der Waals surface area contributed by atoms with Crippen molar-refractivity contribution < 1.29 is 23.3 Å². The Morgan fingerprint density at radius 2 is 1.07 bits per heavy atom. The van der Waals surface area contributed by atoms with Crippen LogP contribution in [-0.4, -0.2) is 88.7 Å². The zero-order chi connectivity index (χ0) is 49.8. The number of para-hydroxylation sites is 2. The van der Waals surface area contributed by atoms with E-state index in [9.17, 15) is 4.79 Å². The van der Waals surface area contributed by atoms with E-state index in [1.165, 1.54) is 0 Å². The monoisotopic (exact) mass is 955 g/mol. The van der Waals surface area contributed by atoms with Gasteiger partial charge in [0.1, 0.15) is 40.1 Å². The maximum Gasteiger partial charge on any atom is 0.195 e. The van der Waals surface area contributed by atoms with Gasteiger partial charge in [-0.3, -0.25) is 19.7 Å². The van der Waals surface area contributed by atoms with Crippen molar-refractivity contribution in [3.63, 3.8) is 0 Å². The number of methoxy groups -OCH3 is 2. The molecule has 0 aliphatic heterocycles. The SMILES string of the molecule is CCN(CC)Cc1nc(-c2ccnc3ccccc23)c2c(n1)[nH]c1cc(-c3c(C)noc3C)c(OC)cc12.COc1cc2c(cc1-c1c(C)noc1C)[nH]c1nc(C=O)nc(-c3ccnc4ccccc34)c12. The van der Waals surface area contributed by atoms with Gasteiger partial charge < -0.3 is 28.5 Å². The van der Waals surface area contributed by atoms with Crippen molar-refractivity contribution in [2.75, 3.05) is 27.3 Å². The van der Waals surface area contributed by atoms with E-state index in [1.807, 2.05) is 101 Å². The quantitative estimate of drug-likeness (QED) is 0.116. The first kappa shape index (κ1) is 45.5. The van der Waals surface area contributed by atoms with Gasteiger partial charge in [0.05, 0.1) is 76.5 Å². The second-order valence-electron chi connectivity index (χ2n) is 17.5. The molecule has 0 radical (unpaired) electrons. The third kappa shape index (κ3) is 7.72. The van der Waals surface area contributed by atoms with Gasteiger partial charge >= 0.3 is 0 Å². The number of nitrogens with zero attached hydrogens (tertiary/aromatic N) is 9. The van der Waals surface area contributed by atoms with Gasteiger partial charge in [-0.2, -0.15) is 0 Å². The molecule has 0 unspecified atom stereocenters. The molecule has 8 heterocycles. The number of H-pyrrole nitrogens is 2. The number of pyridine rings is 2. The number of aryl methyl sites for hydroxylation is 4. The van der Waals surface area contributed by atoms with E-state index in [0.717, 1.165) is 141 Å². The molecule has 0 fully saturated rings. The molecule has 0 saturated heterocycles. The van der Waals surface area contributed by atoms with Crippen molar-refractivity contribution in [2.24, 2.45) is 0 Å². The van der Waals surface area contributed by atoms with E-state index < -0.39 is 0 Å². The summed E-state index contributed by atoms with van der Waals surface area (Å²) in [5.41, 5.74) is 13.6. The minimum Gasteiger partial charge on any atom is -0.496 e. The van der Waals surface area contributed by atoms with E-state index in [-0.39, 0.29) is 5.82 Å². The fraction of sp³-hybridized carbons (Fsp3) is 0.196. The summed E-state index contributed by atoms with van der Waals surface area (Å²) in [4.78, 5) is 49.3. The van der Waals surface area contributed by atoms with Gasteiger partial charge in [-0.25, -0.2) is 19.9 Å². The highest BCUT2D eigenvalue weighted by molar-refractivity contribution is 6.17. The van der Waals surface area contributed by atoms with Gasteiger partial charge in [-0.05, 0) is 89.3 Å². The van der Waals surface area contributed by atoms with Crippen molar-refractivity contribution in [2.45, 2.75) is 48.1 Å². The molecule has 0 aliphatic carbocycles. The van der Waals surface area contributed by atoms with Gasteiger partial charge in [0.2, 0.25) is 0 Å². The Morgan fingerprint density at radius 1 is 0.583 bits per heavy atom. The van der Waals surface area contributed by atoms with Crippen LogP contribution in [0.15, 0.2) is 106 Å².